The number of carbonyl (C=O) groups is 3. The molecule has 9 heteroatoms. The minimum atomic E-state index is -1.06. The number of carboxylic acids is 1. The van der Waals surface area contributed by atoms with Gasteiger partial charge in [0.1, 0.15) is 0 Å². The zero-order valence-corrected chi connectivity index (χ0v) is 19.6. The Morgan fingerprint density at radius 2 is 1.50 bits per heavy atom. The van der Waals surface area contributed by atoms with Crippen LogP contribution in [0.1, 0.15) is 27.6 Å². The minimum absolute atomic E-state index is 0.0935. The fraction of sp³-hybridized carbons (Fsp3) is 0.160. The molecule has 0 spiro atoms. The number of hydrogen-bond donors (Lipinski definition) is 3. The van der Waals surface area contributed by atoms with Crippen LogP contribution in [0.3, 0.4) is 0 Å². The molecule has 1 atom stereocenters. The number of hydrogen-bond acceptors (Lipinski definition) is 6. The predicted molar refractivity (Wildman–Crippen MR) is 131 cm³/mol. The smallest absolute Gasteiger partial charge is 0.335 e. The Morgan fingerprint density at radius 3 is 2.18 bits per heavy atom. The Kier molecular flexibility index (Phi) is 8.15. The summed E-state index contributed by atoms with van der Waals surface area (Å²) in [7, 11) is 3.02. The molecule has 176 valence electrons. The summed E-state index contributed by atoms with van der Waals surface area (Å²) in [6.45, 7) is 1.75. The lowest BCUT2D eigenvalue weighted by Crippen LogP contribution is -2.22. The average molecular weight is 481 g/mol. The number of ether oxygens (including phenoxy) is 2. The van der Waals surface area contributed by atoms with Gasteiger partial charge in [-0.2, -0.15) is 0 Å². The summed E-state index contributed by atoms with van der Waals surface area (Å²) in [5, 5.41) is 14.2. The van der Waals surface area contributed by atoms with Gasteiger partial charge in [0.15, 0.2) is 11.5 Å². The fourth-order valence-electron chi connectivity index (χ4n) is 3.06. The number of methoxy groups -OCH3 is 2. The van der Waals surface area contributed by atoms with Crippen LogP contribution in [0.15, 0.2) is 71.6 Å². The van der Waals surface area contributed by atoms with Crippen LogP contribution < -0.4 is 20.1 Å². The van der Waals surface area contributed by atoms with Gasteiger partial charge in [-0.15, -0.1) is 11.8 Å². The van der Waals surface area contributed by atoms with E-state index in [0.29, 0.717) is 28.4 Å². The molecular weight excluding hydrogens is 456 g/mol. The molecule has 0 fully saturated rings. The number of amides is 2. The highest BCUT2D eigenvalue weighted by molar-refractivity contribution is 8.00. The second-order valence-electron chi connectivity index (χ2n) is 7.19. The van der Waals surface area contributed by atoms with Crippen molar-refractivity contribution in [2.75, 3.05) is 24.9 Å². The average Bonchev–Trinajstić information content (AvgIpc) is 2.83. The largest absolute Gasteiger partial charge is 0.493 e. The van der Waals surface area contributed by atoms with E-state index in [0.717, 1.165) is 4.90 Å². The monoisotopic (exact) mass is 480 g/mol. The predicted octanol–water partition coefficient (Wildman–Crippen LogP) is 4.77. The van der Waals surface area contributed by atoms with E-state index >= 15 is 0 Å². The van der Waals surface area contributed by atoms with Crippen molar-refractivity contribution >= 4 is 40.9 Å². The Hall–Kier alpha value is -3.98. The number of anilines is 2. The Balaban J connectivity index is 1.64. The molecular formula is C25H24N2O6S. The van der Waals surface area contributed by atoms with Gasteiger partial charge < -0.3 is 25.2 Å². The molecule has 0 bridgehead atoms. The number of nitrogens with one attached hydrogen (secondary N) is 2. The topological polar surface area (TPSA) is 114 Å². The van der Waals surface area contributed by atoms with Crippen LogP contribution in [0.5, 0.6) is 11.5 Å². The molecule has 0 heterocycles. The van der Waals surface area contributed by atoms with Gasteiger partial charge >= 0.3 is 5.97 Å². The van der Waals surface area contributed by atoms with Crippen LogP contribution in [-0.2, 0) is 4.79 Å². The first kappa shape index (κ1) is 24.7. The second-order valence-corrected chi connectivity index (χ2v) is 8.60. The molecule has 34 heavy (non-hydrogen) atoms. The van der Waals surface area contributed by atoms with Gasteiger partial charge in [-0.1, -0.05) is 12.1 Å². The first-order valence-electron chi connectivity index (χ1n) is 10.2. The second kappa shape index (κ2) is 11.2. The number of carboxylic acid groups (broad SMARTS) is 1. The number of carbonyl (C=O) groups excluding carboxylic acids is 2. The molecule has 0 aliphatic rings. The summed E-state index contributed by atoms with van der Waals surface area (Å²) < 4.78 is 10.4. The summed E-state index contributed by atoms with van der Waals surface area (Å²) in [6.07, 6.45) is 0. The number of thioether (sulfide) groups is 1. The van der Waals surface area contributed by atoms with E-state index in [2.05, 4.69) is 10.6 Å². The highest BCUT2D eigenvalue weighted by Gasteiger charge is 2.16. The van der Waals surface area contributed by atoms with E-state index in [4.69, 9.17) is 14.6 Å². The highest BCUT2D eigenvalue weighted by Crippen LogP contribution is 2.29. The number of benzene rings is 3. The van der Waals surface area contributed by atoms with Crippen molar-refractivity contribution < 1.29 is 29.0 Å². The third-order valence-electron chi connectivity index (χ3n) is 4.80. The van der Waals surface area contributed by atoms with Crippen LogP contribution in [0.4, 0.5) is 11.4 Å². The van der Waals surface area contributed by atoms with Crippen molar-refractivity contribution in [3.05, 3.63) is 77.9 Å². The van der Waals surface area contributed by atoms with Crippen LogP contribution in [0.2, 0.25) is 0 Å². The van der Waals surface area contributed by atoms with Gasteiger partial charge in [0.05, 0.1) is 25.0 Å². The van der Waals surface area contributed by atoms with Crippen molar-refractivity contribution in [3.63, 3.8) is 0 Å². The summed E-state index contributed by atoms with van der Waals surface area (Å²) in [6, 6.07) is 18.1. The molecule has 1 unspecified atom stereocenters. The van der Waals surface area contributed by atoms with Crippen molar-refractivity contribution in [1.29, 1.82) is 0 Å². The summed E-state index contributed by atoms with van der Waals surface area (Å²) in [5.41, 5.74) is 1.49. The molecule has 0 aromatic heterocycles. The molecule has 0 saturated heterocycles. The molecule has 0 aliphatic heterocycles. The van der Waals surface area contributed by atoms with Crippen LogP contribution >= 0.6 is 11.8 Å². The SMILES string of the molecule is COc1ccc(C(=O)Nc2cccc(SC(C)C(=O)Nc3cccc(C(=O)O)c3)c2)cc1OC. The molecule has 0 saturated carbocycles. The van der Waals surface area contributed by atoms with E-state index in [1.165, 1.54) is 38.1 Å². The van der Waals surface area contributed by atoms with Crippen LogP contribution in [0, 0.1) is 0 Å². The molecule has 3 aromatic rings. The maximum Gasteiger partial charge on any atom is 0.335 e. The Morgan fingerprint density at radius 1 is 0.824 bits per heavy atom. The summed E-state index contributed by atoms with van der Waals surface area (Å²) in [5.74, 6) is -0.669. The summed E-state index contributed by atoms with van der Waals surface area (Å²) in [4.78, 5) is 37.2. The Bertz CT molecular complexity index is 1210. The van der Waals surface area contributed by atoms with Crippen molar-refractivity contribution in [1.82, 2.24) is 0 Å². The third kappa shape index (κ3) is 6.29. The van der Waals surface area contributed by atoms with E-state index in [-0.39, 0.29) is 17.4 Å². The standard InChI is InChI=1S/C25H24N2O6S/c1-15(23(28)26-18-7-4-6-17(12-18)25(30)31)34-20-9-5-8-19(14-20)27-24(29)16-10-11-21(32-2)22(13-16)33-3/h4-15H,1-3H3,(H,26,28)(H,27,29)(H,30,31). The first-order chi connectivity index (χ1) is 16.3. The van der Waals surface area contributed by atoms with E-state index < -0.39 is 11.2 Å². The molecule has 0 radical (unpaired) electrons. The van der Waals surface area contributed by atoms with Gasteiger partial charge in [0.25, 0.3) is 5.91 Å². The quantitative estimate of drug-likeness (QED) is 0.378. The third-order valence-corrected chi connectivity index (χ3v) is 5.89. The molecule has 2 amide bonds. The molecule has 3 aromatic carbocycles. The van der Waals surface area contributed by atoms with E-state index in [9.17, 15) is 14.4 Å². The summed E-state index contributed by atoms with van der Waals surface area (Å²) >= 11 is 1.31. The lowest BCUT2D eigenvalue weighted by molar-refractivity contribution is -0.115. The van der Waals surface area contributed by atoms with Gasteiger partial charge in [-0.25, -0.2) is 4.79 Å². The minimum Gasteiger partial charge on any atom is -0.493 e. The van der Waals surface area contributed by atoms with Gasteiger partial charge in [-0.3, -0.25) is 9.59 Å². The number of aromatic carboxylic acids is 1. The maximum atomic E-state index is 12.7. The van der Waals surface area contributed by atoms with Crippen molar-refractivity contribution in [3.8, 4) is 11.5 Å². The fourth-order valence-corrected chi connectivity index (χ4v) is 3.99. The van der Waals surface area contributed by atoms with E-state index in [1.807, 2.05) is 6.07 Å². The van der Waals surface area contributed by atoms with Crippen LogP contribution in [-0.4, -0.2) is 42.4 Å². The van der Waals surface area contributed by atoms with Gasteiger partial charge in [0.2, 0.25) is 5.91 Å². The zero-order chi connectivity index (χ0) is 24.7. The number of rotatable bonds is 9. The maximum absolute atomic E-state index is 12.7. The van der Waals surface area contributed by atoms with Crippen LogP contribution in [0.25, 0.3) is 0 Å². The lowest BCUT2D eigenvalue weighted by Gasteiger charge is -2.14. The van der Waals surface area contributed by atoms with Gasteiger partial charge in [0, 0.05) is 21.8 Å². The van der Waals surface area contributed by atoms with Crippen molar-refractivity contribution in [2.24, 2.45) is 0 Å². The van der Waals surface area contributed by atoms with Gasteiger partial charge in [-0.05, 0) is 61.5 Å². The molecule has 8 nitrogen and oxygen atoms in total. The molecule has 3 N–H and O–H groups in total. The Labute approximate surface area is 201 Å². The zero-order valence-electron chi connectivity index (χ0n) is 18.8. The van der Waals surface area contributed by atoms with Crippen molar-refractivity contribution in [2.45, 2.75) is 17.1 Å². The highest BCUT2D eigenvalue weighted by atomic mass is 32.2. The lowest BCUT2D eigenvalue weighted by atomic mass is 10.2. The van der Waals surface area contributed by atoms with E-state index in [1.54, 1.807) is 55.5 Å². The first-order valence-corrected chi connectivity index (χ1v) is 11.1. The molecule has 0 aliphatic carbocycles. The normalized spacial score (nSPS) is 11.3. The molecule has 3 rings (SSSR count).